The van der Waals surface area contributed by atoms with Crippen LogP contribution in [0.2, 0.25) is 0 Å². The molecular formula is C16H34ClN. The van der Waals surface area contributed by atoms with Crippen LogP contribution in [0.3, 0.4) is 0 Å². The largest absolute Gasteiger partial charge is 0.313 e. The summed E-state index contributed by atoms with van der Waals surface area (Å²) in [7, 11) is 0. The summed E-state index contributed by atoms with van der Waals surface area (Å²) in [6.07, 6.45) is 16.9. The normalized spacial score (nSPS) is 14.7. The summed E-state index contributed by atoms with van der Waals surface area (Å²) in [5, 5.41) is 0. The summed E-state index contributed by atoms with van der Waals surface area (Å²) in [4.78, 5) is -0.445. The molecule has 0 aromatic heterocycles. The zero-order valence-corrected chi connectivity index (χ0v) is 13.4. The van der Waals surface area contributed by atoms with E-state index in [0.29, 0.717) is 0 Å². The Bertz CT molecular complexity index is 168. The van der Waals surface area contributed by atoms with Gasteiger partial charge in [-0.15, -0.1) is 11.6 Å². The molecule has 0 saturated heterocycles. The smallest absolute Gasteiger partial charge is 0.0908 e. The molecule has 0 radical (unpaired) electrons. The number of halogens is 1. The standard InChI is InChI=1S/C16H34ClN/c1-3-5-6-7-8-9-10-11-12-13-14-15-16(17,18)4-2/h3-15,18H2,1-2H3. The van der Waals surface area contributed by atoms with Crippen LogP contribution in [0.25, 0.3) is 0 Å². The van der Waals surface area contributed by atoms with Crippen LogP contribution in [0.4, 0.5) is 0 Å². The molecule has 0 aromatic carbocycles. The minimum Gasteiger partial charge on any atom is -0.313 e. The van der Waals surface area contributed by atoms with Crippen molar-refractivity contribution in [3.05, 3.63) is 0 Å². The second-order valence-corrected chi connectivity index (χ2v) is 6.43. The Morgan fingerprint density at radius 1 is 0.722 bits per heavy atom. The molecule has 0 aliphatic carbocycles. The molecule has 0 aromatic rings. The molecule has 1 unspecified atom stereocenters. The highest BCUT2D eigenvalue weighted by Crippen LogP contribution is 2.21. The maximum Gasteiger partial charge on any atom is 0.0908 e. The van der Waals surface area contributed by atoms with Gasteiger partial charge in [0.1, 0.15) is 0 Å². The van der Waals surface area contributed by atoms with E-state index >= 15 is 0 Å². The number of rotatable bonds is 13. The number of nitrogens with two attached hydrogens (primary N) is 1. The molecule has 18 heavy (non-hydrogen) atoms. The van der Waals surface area contributed by atoms with Gasteiger partial charge in [-0.25, -0.2) is 0 Å². The highest BCUT2D eigenvalue weighted by atomic mass is 35.5. The van der Waals surface area contributed by atoms with Crippen LogP contribution in [0.1, 0.15) is 97.3 Å². The monoisotopic (exact) mass is 275 g/mol. The molecule has 0 spiro atoms. The third-order valence-electron chi connectivity index (χ3n) is 3.78. The summed E-state index contributed by atoms with van der Waals surface area (Å²) >= 11 is 6.12. The van der Waals surface area contributed by atoms with Crippen molar-refractivity contribution in [2.45, 2.75) is 102 Å². The van der Waals surface area contributed by atoms with E-state index in [2.05, 4.69) is 13.8 Å². The zero-order valence-electron chi connectivity index (χ0n) is 12.6. The van der Waals surface area contributed by atoms with E-state index in [0.717, 1.165) is 12.8 Å². The Morgan fingerprint density at radius 2 is 1.11 bits per heavy atom. The Morgan fingerprint density at radius 3 is 1.50 bits per heavy atom. The highest BCUT2D eigenvalue weighted by molar-refractivity contribution is 6.23. The van der Waals surface area contributed by atoms with E-state index < -0.39 is 5.00 Å². The molecule has 2 N–H and O–H groups in total. The average Bonchev–Trinajstić information content (AvgIpc) is 2.36. The van der Waals surface area contributed by atoms with Crippen molar-refractivity contribution in [2.75, 3.05) is 0 Å². The lowest BCUT2D eigenvalue weighted by atomic mass is 10.0. The Hall–Kier alpha value is 0.250. The number of unbranched alkanes of at least 4 members (excludes halogenated alkanes) is 10. The zero-order chi connectivity index (χ0) is 13.7. The molecule has 0 rings (SSSR count). The van der Waals surface area contributed by atoms with Crippen molar-refractivity contribution < 1.29 is 0 Å². The average molecular weight is 276 g/mol. The van der Waals surface area contributed by atoms with Gasteiger partial charge in [0.25, 0.3) is 0 Å². The van der Waals surface area contributed by atoms with Gasteiger partial charge in [0.2, 0.25) is 0 Å². The number of hydrogen-bond acceptors (Lipinski definition) is 1. The maximum atomic E-state index is 6.12. The molecule has 2 heteroatoms. The maximum absolute atomic E-state index is 6.12. The second kappa shape index (κ2) is 12.3. The first-order valence-electron chi connectivity index (χ1n) is 8.10. The Balaban J connectivity index is 3.08. The second-order valence-electron chi connectivity index (χ2n) is 5.67. The fourth-order valence-electron chi connectivity index (χ4n) is 2.26. The quantitative estimate of drug-likeness (QED) is 0.249. The van der Waals surface area contributed by atoms with Gasteiger partial charge in [-0.1, -0.05) is 84.5 Å². The van der Waals surface area contributed by atoms with Gasteiger partial charge in [-0.2, -0.15) is 0 Å². The van der Waals surface area contributed by atoms with Gasteiger partial charge in [-0.3, -0.25) is 0 Å². The molecule has 1 atom stereocenters. The van der Waals surface area contributed by atoms with Crippen LogP contribution in [0.15, 0.2) is 0 Å². The van der Waals surface area contributed by atoms with E-state index in [4.69, 9.17) is 17.3 Å². The van der Waals surface area contributed by atoms with Crippen molar-refractivity contribution in [1.82, 2.24) is 0 Å². The molecule has 110 valence electrons. The van der Waals surface area contributed by atoms with E-state index in [-0.39, 0.29) is 0 Å². The molecule has 0 aliphatic heterocycles. The third kappa shape index (κ3) is 12.7. The van der Waals surface area contributed by atoms with Crippen LogP contribution in [0, 0.1) is 0 Å². The molecule has 0 fully saturated rings. The van der Waals surface area contributed by atoms with Gasteiger partial charge < -0.3 is 5.73 Å². The van der Waals surface area contributed by atoms with Gasteiger partial charge in [0.05, 0.1) is 5.00 Å². The predicted octanol–water partition coefficient (Wildman–Crippen LogP) is 5.99. The topological polar surface area (TPSA) is 26.0 Å². The van der Waals surface area contributed by atoms with Crippen molar-refractivity contribution in [1.29, 1.82) is 0 Å². The van der Waals surface area contributed by atoms with E-state index in [1.54, 1.807) is 0 Å². The van der Waals surface area contributed by atoms with E-state index in [1.165, 1.54) is 70.6 Å². The predicted molar refractivity (Wildman–Crippen MR) is 84.1 cm³/mol. The van der Waals surface area contributed by atoms with Crippen molar-refractivity contribution >= 4 is 11.6 Å². The molecule has 0 aliphatic rings. The lowest BCUT2D eigenvalue weighted by molar-refractivity contribution is 0.480. The fraction of sp³-hybridized carbons (Fsp3) is 1.00. The summed E-state index contributed by atoms with van der Waals surface area (Å²) < 4.78 is 0. The van der Waals surface area contributed by atoms with Crippen molar-refractivity contribution in [3.8, 4) is 0 Å². The summed E-state index contributed by atoms with van der Waals surface area (Å²) in [5.41, 5.74) is 5.90. The Kier molecular flexibility index (Phi) is 12.5. The van der Waals surface area contributed by atoms with Gasteiger partial charge in [0.15, 0.2) is 0 Å². The van der Waals surface area contributed by atoms with E-state index in [1.807, 2.05) is 0 Å². The summed E-state index contributed by atoms with van der Waals surface area (Å²) in [5.74, 6) is 0. The van der Waals surface area contributed by atoms with Gasteiger partial charge in [0, 0.05) is 0 Å². The van der Waals surface area contributed by atoms with Crippen LogP contribution < -0.4 is 5.73 Å². The van der Waals surface area contributed by atoms with Crippen molar-refractivity contribution in [3.63, 3.8) is 0 Å². The highest BCUT2D eigenvalue weighted by Gasteiger charge is 2.17. The first kappa shape index (κ1) is 18.2. The van der Waals surface area contributed by atoms with E-state index in [9.17, 15) is 0 Å². The van der Waals surface area contributed by atoms with Gasteiger partial charge >= 0.3 is 0 Å². The summed E-state index contributed by atoms with van der Waals surface area (Å²) in [6.45, 7) is 4.33. The summed E-state index contributed by atoms with van der Waals surface area (Å²) in [6, 6.07) is 0. The van der Waals surface area contributed by atoms with Crippen LogP contribution in [0.5, 0.6) is 0 Å². The molecule has 1 nitrogen and oxygen atoms in total. The van der Waals surface area contributed by atoms with Gasteiger partial charge in [-0.05, 0) is 12.8 Å². The minimum atomic E-state index is -0.445. The molecule has 0 saturated carbocycles. The number of alkyl halides is 1. The lowest BCUT2D eigenvalue weighted by Crippen LogP contribution is -2.31. The molecule has 0 bridgehead atoms. The van der Waals surface area contributed by atoms with Crippen LogP contribution in [-0.2, 0) is 0 Å². The Labute approximate surface area is 120 Å². The van der Waals surface area contributed by atoms with Crippen LogP contribution in [-0.4, -0.2) is 5.00 Å². The SMILES string of the molecule is CCCCCCCCCCCCCC(N)(Cl)CC. The van der Waals surface area contributed by atoms with Crippen molar-refractivity contribution in [2.24, 2.45) is 5.73 Å². The minimum absolute atomic E-state index is 0.445. The number of hydrogen-bond donors (Lipinski definition) is 1. The fourth-order valence-corrected chi connectivity index (χ4v) is 2.39. The first-order chi connectivity index (χ1) is 8.62. The first-order valence-corrected chi connectivity index (χ1v) is 8.48. The molecule has 0 amide bonds. The van der Waals surface area contributed by atoms with Crippen LogP contribution >= 0.6 is 11.6 Å². The molecular weight excluding hydrogens is 242 g/mol. The molecule has 0 heterocycles. The lowest BCUT2D eigenvalue weighted by Gasteiger charge is -2.19. The third-order valence-corrected chi connectivity index (χ3v) is 4.24.